The highest BCUT2D eigenvalue weighted by atomic mass is 32.1. The summed E-state index contributed by atoms with van der Waals surface area (Å²) in [4.78, 5) is 49.4. The molecule has 9 heteroatoms. The predicted molar refractivity (Wildman–Crippen MR) is 150 cm³/mol. The third kappa shape index (κ3) is 6.61. The van der Waals surface area contributed by atoms with E-state index < -0.39 is 17.5 Å². The van der Waals surface area contributed by atoms with Crippen molar-refractivity contribution < 1.29 is 14.4 Å². The van der Waals surface area contributed by atoms with Gasteiger partial charge in [0, 0.05) is 19.0 Å². The maximum absolute atomic E-state index is 13.7. The number of benzene rings is 1. The second-order valence-electron chi connectivity index (χ2n) is 11.8. The standard InChI is InChI=1S/C29H41N5O3S/c1-19-24(38-18-31-19)21-10-8-20(9-11-21)17-30-27(36)23-7-6-14-34(23)28(37)25(29(2,3)4)32-26(35)22-12-15-33(5)16-13-22/h8-11,18,22-23,25H,6-7,12-17H2,1-5H3,(H,30,36)(H,32,35)/t23-,25+/m0/s1. The van der Waals surface area contributed by atoms with Crippen LogP contribution in [-0.2, 0) is 20.9 Å². The molecule has 1 aromatic heterocycles. The summed E-state index contributed by atoms with van der Waals surface area (Å²) in [7, 11) is 2.06. The van der Waals surface area contributed by atoms with E-state index in [1.165, 1.54) is 0 Å². The zero-order chi connectivity index (χ0) is 27.4. The number of aromatic nitrogens is 1. The SMILES string of the molecule is Cc1ncsc1-c1ccc(CNC(=O)[C@@H]2CCCN2C(=O)[C@@H](NC(=O)C2CCN(C)CC2)C(C)(C)C)cc1. The Labute approximate surface area is 230 Å². The number of carbonyl (C=O) groups excluding carboxylic acids is 3. The average molecular weight is 540 g/mol. The van der Waals surface area contributed by atoms with E-state index in [1.54, 1.807) is 16.2 Å². The highest BCUT2D eigenvalue weighted by molar-refractivity contribution is 7.13. The number of aryl methyl sites for hydroxylation is 1. The number of hydrogen-bond donors (Lipinski definition) is 2. The fraction of sp³-hybridized carbons (Fsp3) is 0.586. The van der Waals surface area contributed by atoms with Gasteiger partial charge in [0.15, 0.2) is 0 Å². The summed E-state index contributed by atoms with van der Waals surface area (Å²) in [6.45, 7) is 10.6. The molecule has 38 heavy (non-hydrogen) atoms. The Kier molecular flexibility index (Phi) is 8.88. The van der Waals surface area contributed by atoms with Crippen molar-refractivity contribution in [2.24, 2.45) is 11.3 Å². The fourth-order valence-electron chi connectivity index (χ4n) is 5.31. The average Bonchev–Trinajstić information content (AvgIpc) is 3.55. The number of amides is 3. The number of rotatable bonds is 7. The van der Waals surface area contributed by atoms with Crippen molar-refractivity contribution in [1.29, 1.82) is 0 Å². The van der Waals surface area contributed by atoms with Crippen LogP contribution in [-0.4, -0.2) is 71.3 Å². The van der Waals surface area contributed by atoms with Crippen LogP contribution in [0.25, 0.3) is 10.4 Å². The Balaban J connectivity index is 1.37. The highest BCUT2D eigenvalue weighted by Crippen LogP contribution is 2.28. The van der Waals surface area contributed by atoms with Gasteiger partial charge in [-0.3, -0.25) is 14.4 Å². The summed E-state index contributed by atoms with van der Waals surface area (Å²) in [5, 5.41) is 6.10. The minimum Gasteiger partial charge on any atom is -0.350 e. The van der Waals surface area contributed by atoms with Crippen LogP contribution in [0.3, 0.4) is 0 Å². The fourth-order valence-corrected chi connectivity index (χ4v) is 6.12. The largest absolute Gasteiger partial charge is 0.350 e. The van der Waals surface area contributed by atoms with Gasteiger partial charge in [-0.05, 0) is 69.3 Å². The normalized spacial score (nSPS) is 19.8. The van der Waals surface area contributed by atoms with E-state index in [4.69, 9.17) is 0 Å². The predicted octanol–water partition coefficient (Wildman–Crippen LogP) is 3.60. The van der Waals surface area contributed by atoms with Gasteiger partial charge in [-0.1, -0.05) is 45.0 Å². The highest BCUT2D eigenvalue weighted by Gasteiger charge is 2.42. The van der Waals surface area contributed by atoms with Crippen LogP contribution < -0.4 is 10.6 Å². The number of nitrogens with one attached hydrogen (secondary N) is 2. The van der Waals surface area contributed by atoms with Gasteiger partial charge in [-0.15, -0.1) is 11.3 Å². The molecule has 1 aromatic carbocycles. The molecule has 2 N–H and O–H groups in total. The van der Waals surface area contributed by atoms with Crippen molar-refractivity contribution in [3.05, 3.63) is 41.0 Å². The minimum atomic E-state index is -0.675. The van der Waals surface area contributed by atoms with Crippen LogP contribution in [0.1, 0.15) is 57.7 Å². The molecule has 2 fully saturated rings. The Morgan fingerprint density at radius 2 is 1.74 bits per heavy atom. The molecule has 2 saturated heterocycles. The van der Waals surface area contributed by atoms with E-state index in [0.29, 0.717) is 19.5 Å². The van der Waals surface area contributed by atoms with Gasteiger partial charge in [-0.25, -0.2) is 4.98 Å². The summed E-state index contributed by atoms with van der Waals surface area (Å²) < 4.78 is 0. The monoisotopic (exact) mass is 539 g/mol. The van der Waals surface area contributed by atoms with Gasteiger partial charge < -0.3 is 20.4 Å². The molecule has 206 valence electrons. The van der Waals surface area contributed by atoms with Crippen LogP contribution in [0, 0.1) is 18.3 Å². The van der Waals surface area contributed by atoms with E-state index in [-0.39, 0.29) is 23.6 Å². The number of piperidine rings is 1. The first-order valence-electron chi connectivity index (χ1n) is 13.6. The number of nitrogens with zero attached hydrogens (tertiary/aromatic N) is 3. The molecule has 3 amide bonds. The smallest absolute Gasteiger partial charge is 0.246 e. The second kappa shape index (κ2) is 11.9. The zero-order valence-corrected chi connectivity index (χ0v) is 24.1. The van der Waals surface area contributed by atoms with Gasteiger partial charge in [0.2, 0.25) is 17.7 Å². The first-order chi connectivity index (χ1) is 18.0. The van der Waals surface area contributed by atoms with E-state index in [1.807, 2.05) is 57.5 Å². The molecule has 2 aliphatic rings. The molecule has 0 saturated carbocycles. The van der Waals surface area contributed by atoms with Crippen molar-refractivity contribution in [2.45, 2.75) is 72.0 Å². The number of carbonyl (C=O) groups is 3. The Bertz CT molecular complexity index is 1130. The molecule has 0 radical (unpaired) electrons. The van der Waals surface area contributed by atoms with Gasteiger partial charge in [0.1, 0.15) is 12.1 Å². The van der Waals surface area contributed by atoms with E-state index in [2.05, 4.69) is 27.6 Å². The van der Waals surface area contributed by atoms with Gasteiger partial charge in [0.25, 0.3) is 0 Å². The molecule has 0 spiro atoms. The first kappa shape index (κ1) is 28.2. The van der Waals surface area contributed by atoms with Crippen molar-refractivity contribution in [2.75, 3.05) is 26.7 Å². The molecular formula is C29H41N5O3S. The molecule has 0 aliphatic carbocycles. The number of thiazole rings is 1. The number of likely N-dealkylation sites (tertiary alicyclic amines) is 2. The molecule has 3 heterocycles. The summed E-state index contributed by atoms with van der Waals surface area (Å²) in [6, 6.07) is 6.93. The summed E-state index contributed by atoms with van der Waals surface area (Å²) in [6.07, 6.45) is 2.99. The lowest BCUT2D eigenvalue weighted by Crippen LogP contribution is -2.58. The van der Waals surface area contributed by atoms with Crippen LogP contribution in [0.2, 0.25) is 0 Å². The molecule has 2 aromatic rings. The Hall–Kier alpha value is -2.78. The van der Waals surface area contributed by atoms with E-state index in [9.17, 15) is 14.4 Å². The zero-order valence-electron chi connectivity index (χ0n) is 23.3. The van der Waals surface area contributed by atoms with Crippen LogP contribution in [0.4, 0.5) is 0 Å². The molecule has 0 bridgehead atoms. The van der Waals surface area contributed by atoms with Crippen LogP contribution in [0.15, 0.2) is 29.8 Å². The molecule has 2 atom stereocenters. The lowest BCUT2D eigenvalue weighted by Gasteiger charge is -2.37. The Morgan fingerprint density at radius 1 is 1.05 bits per heavy atom. The third-order valence-electron chi connectivity index (χ3n) is 7.76. The quantitative estimate of drug-likeness (QED) is 0.561. The lowest BCUT2D eigenvalue weighted by molar-refractivity contribution is -0.144. The first-order valence-corrected chi connectivity index (χ1v) is 14.5. The van der Waals surface area contributed by atoms with Crippen molar-refractivity contribution in [1.82, 2.24) is 25.4 Å². The lowest BCUT2D eigenvalue weighted by atomic mass is 9.84. The van der Waals surface area contributed by atoms with Crippen molar-refractivity contribution in [3.8, 4) is 10.4 Å². The maximum Gasteiger partial charge on any atom is 0.246 e. The summed E-state index contributed by atoms with van der Waals surface area (Å²) in [5.74, 6) is -0.440. The van der Waals surface area contributed by atoms with Crippen LogP contribution in [0.5, 0.6) is 0 Å². The molecular weight excluding hydrogens is 498 g/mol. The van der Waals surface area contributed by atoms with Gasteiger partial charge in [0.05, 0.1) is 16.1 Å². The molecule has 4 rings (SSSR count). The van der Waals surface area contributed by atoms with Crippen molar-refractivity contribution >= 4 is 29.1 Å². The van der Waals surface area contributed by atoms with E-state index >= 15 is 0 Å². The summed E-state index contributed by atoms with van der Waals surface area (Å²) >= 11 is 1.62. The Morgan fingerprint density at radius 3 is 2.34 bits per heavy atom. The minimum absolute atomic E-state index is 0.0523. The second-order valence-corrected chi connectivity index (χ2v) is 12.6. The number of hydrogen-bond acceptors (Lipinski definition) is 6. The topological polar surface area (TPSA) is 94.6 Å². The maximum atomic E-state index is 13.7. The molecule has 0 unspecified atom stereocenters. The van der Waals surface area contributed by atoms with Gasteiger partial charge >= 0.3 is 0 Å². The molecule has 8 nitrogen and oxygen atoms in total. The molecule has 2 aliphatic heterocycles. The summed E-state index contributed by atoms with van der Waals surface area (Å²) in [5.41, 5.74) is 4.50. The van der Waals surface area contributed by atoms with E-state index in [0.717, 1.165) is 54.0 Å². The van der Waals surface area contributed by atoms with Crippen molar-refractivity contribution in [3.63, 3.8) is 0 Å². The van der Waals surface area contributed by atoms with Gasteiger partial charge in [-0.2, -0.15) is 0 Å². The third-order valence-corrected chi connectivity index (χ3v) is 8.73. The van der Waals surface area contributed by atoms with Crippen LogP contribution >= 0.6 is 11.3 Å².